The van der Waals surface area contributed by atoms with Crippen LogP contribution in [0.3, 0.4) is 0 Å². The van der Waals surface area contributed by atoms with Gasteiger partial charge in [-0.15, -0.1) is 11.3 Å². The second kappa shape index (κ2) is 4.19. The summed E-state index contributed by atoms with van der Waals surface area (Å²) in [5.41, 5.74) is 6.13. The maximum Gasteiger partial charge on any atom is 0.263 e. The Kier molecular flexibility index (Phi) is 3.19. The number of anilines is 2. The Morgan fingerprint density at radius 2 is 2.14 bits per heavy atom. The van der Waals surface area contributed by atoms with Gasteiger partial charge in [0.2, 0.25) is 0 Å². The molecule has 1 aromatic heterocycles. The molecular formula is C8H13N3O2S. The Balaban J connectivity index is 3.20. The topological polar surface area (TPSA) is 76.4 Å². The fourth-order valence-electron chi connectivity index (χ4n) is 1.08. The first kappa shape index (κ1) is 10.6. The number of rotatable bonds is 3. The van der Waals surface area contributed by atoms with Crippen molar-refractivity contribution in [2.45, 2.75) is 0 Å². The van der Waals surface area contributed by atoms with E-state index in [-0.39, 0.29) is 5.91 Å². The number of hydrogen-bond acceptors (Lipinski definition) is 5. The van der Waals surface area contributed by atoms with Gasteiger partial charge in [0.1, 0.15) is 15.6 Å². The molecule has 78 valence electrons. The van der Waals surface area contributed by atoms with Crippen LogP contribution in [0.1, 0.15) is 9.67 Å². The highest BCUT2D eigenvalue weighted by atomic mass is 32.1. The molecule has 0 fully saturated rings. The van der Waals surface area contributed by atoms with Gasteiger partial charge in [-0.1, -0.05) is 0 Å². The second-order valence-electron chi connectivity index (χ2n) is 2.54. The van der Waals surface area contributed by atoms with Gasteiger partial charge >= 0.3 is 0 Å². The summed E-state index contributed by atoms with van der Waals surface area (Å²) in [6.45, 7) is 0. The minimum Gasteiger partial charge on any atom is -0.492 e. The van der Waals surface area contributed by atoms with Crippen molar-refractivity contribution in [1.29, 1.82) is 0 Å². The molecule has 1 heterocycles. The first-order valence-corrected chi connectivity index (χ1v) is 4.83. The van der Waals surface area contributed by atoms with Crippen LogP contribution in [0.5, 0.6) is 5.75 Å². The predicted octanol–water partition coefficient (Wildman–Crippen LogP) is 0.740. The minimum atomic E-state index is -0.202. The van der Waals surface area contributed by atoms with Crippen molar-refractivity contribution < 1.29 is 9.53 Å². The van der Waals surface area contributed by atoms with Gasteiger partial charge in [-0.3, -0.25) is 4.79 Å². The van der Waals surface area contributed by atoms with Crippen molar-refractivity contribution in [3.8, 4) is 5.75 Å². The predicted molar refractivity (Wildman–Crippen MR) is 58.2 cm³/mol. The van der Waals surface area contributed by atoms with E-state index in [2.05, 4.69) is 10.6 Å². The van der Waals surface area contributed by atoms with Crippen LogP contribution in [0.2, 0.25) is 0 Å². The van der Waals surface area contributed by atoms with Crippen LogP contribution in [0.4, 0.5) is 10.7 Å². The zero-order chi connectivity index (χ0) is 10.7. The maximum atomic E-state index is 11.4. The summed E-state index contributed by atoms with van der Waals surface area (Å²) in [4.78, 5) is 11.8. The Morgan fingerprint density at radius 3 is 2.50 bits per heavy atom. The number of carbonyl (C=O) groups excluding carboxylic acids is 1. The van der Waals surface area contributed by atoms with Crippen molar-refractivity contribution >= 4 is 27.9 Å². The van der Waals surface area contributed by atoms with Gasteiger partial charge in [0.15, 0.2) is 5.75 Å². The van der Waals surface area contributed by atoms with Gasteiger partial charge in [0, 0.05) is 14.1 Å². The van der Waals surface area contributed by atoms with E-state index in [4.69, 9.17) is 10.5 Å². The average molecular weight is 215 g/mol. The fraction of sp³-hybridized carbons (Fsp3) is 0.375. The third-order valence-electron chi connectivity index (χ3n) is 1.76. The zero-order valence-electron chi connectivity index (χ0n) is 8.30. The molecule has 0 atom stereocenters. The standard InChI is InChI=1S/C8H13N3O2S/c1-10-7(12)6-4(9)5(13-3)8(11-2)14-6/h11H,9H2,1-3H3,(H,10,12). The maximum absolute atomic E-state index is 11.4. The average Bonchev–Trinajstić information content (AvgIpc) is 2.53. The molecule has 1 aromatic rings. The molecule has 1 amide bonds. The minimum absolute atomic E-state index is 0.202. The Hall–Kier alpha value is -1.43. The van der Waals surface area contributed by atoms with E-state index < -0.39 is 0 Å². The summed E-state index contributed by atoms with van der Waals surface area (Å²) >= 11 is 1.27. The number of amides is 1. The van der Waals surface area contributed by atoms with Crippen LogP contribution in [-0.2, 0) is 0 Å². The molecule has 0 saturated carbocycles. The number of ether oxygens (including phenoxy) is 1. The lowest BCUT2D eigenvalue weighted by molar-refractivity contribution is 0.0967. The summed E-state index contributed by atoms with van der Waals surface area (Å²) in [6, 6.07) is 0. The van der Waals surface area contributed by atoms with E-state index in [0.717, 1.165) is 5.00 Å². The van der Waals surface area contributed by atoms with E-state index in [1.165, 1.54) is 18.4 Å². The molecule has 0 unspecified atom stereocenters. The second-order valence-corrected chi connectivity index (χ2v) is 3.56. The van der Waals surface area contributed by atoms with Gasteiger partial charge in [-0.25, -0.2) is 0 Å². The van der Waals surface area contributed by atoms with Crippen LogP contribution in [0, 0.1) is 0 Å². The lowest BCUT2D eigenvalue weighted by atomic mass is 10.3. The molecule has 0 spiro atoms. The first-order valence-electron chi connectivity index (χ1n) is 4.01. The molecule has 14 heavy (non-hydrogen) atoms. The molecular weight excluding hydrogens is 202 g/mol. The summed E-state index contributed by atoms with van der Waals surface area (Å²) in [6.07, 6.45) is 0. The van der Waals surface area contributed by atoms with Crippen molar-refractivity contribution in [3.05, 3.63) is 4.88 Å². The number of nitrogens with one attached hydrogen (secondary N) is 2. The number of thiophene rings is 1. The monoisotopic (exact) mass is 215 g/mol. The van der Waals surface area contributed by atoms with Gasteiger partial charge in [0.05, 0.1) is 7.11 Å². The first-order chi connectivity index (χ1) is 6.65. The highest BCUT2D eigenvalue weighted by molar-refractivity contribution is 7.19. The highest BCUT2D eigenvalue weighted by Crippen LogP contribution is 2.41. The van der Waals surface area contributed by atoms with Crippen LogP contribution < -0.4 is 21.1 Å². The molecule has 0 aliphatic heterocycles. The number of hydrogen-bond donors (Lipinski definition) is 3. The molecule has 0 aliphatic carbocycles. The fourth-order valence-corrected chi connectivity index (χ4v) is 2.07. The van der Waals surface area contributed by atoms with Crippen LogP contribution in [-0.4, -0.2) is 27.1 Å². The van der Waals surface area contributed by atoms with E-state index in [0.29, 0.717) is 16.3 Å². The van der Waals surface area contributed by atoms with Crippen LogP contribution in [0.15, 0.2) is 0 Å². The molecule has 4 N–H and O–H groups in total. The zero-order valence-corrected chi connectivity index (χ0v) is 9.12. The smallest absolute Gasteiger partial charge is 0.263 e. The molecule has 0 bridgehead atoms. The van der Waals surface area contributed by atoms with Gasteiger partial charge < -0.3 is 21.1 Å². The molecule has 0 aromatic carbocycles. The molecule has 0 aliphatic rings. The normalized spacial score (nSPS) is 9.64. The van der Waals surface area contributed by atoms with E-state index in [1.807, 2.05) is 0 Å². The number of nitrogen functional groups attached to an aromatic ring is 1. The SMILES string of the molecule is CNC(=O)c1sc(NC)c(OC)c1N. The lowest BCUT2D eigenvalue weighted by Crippen LogP contribution is -2.17. The molecule has 5 nitrogen and oxygen atoms in total. The Labute approximate surface area is 86.2 Å². The third-order valence-corrected chi connectivity index (χ3v) is 2.97. The van der Waals surface area contributed by atoms with Crippen LogP contribution in [0.25, 0.3) is 0 Å². The Morgan fingerprint density at radius 1 is 1.50 bits per heavy atom. The molecule has 1 rings (SSSR count). The third kappa shape index (κ3) is 1.60. The number of carbonyl (C=O) groups is 1. The largest absolute Gasteiger partial charge is 0.492 e. The summed E-state index contributed by atoms with van der Waals surface area (Å²) < 4.78 is 5.09. The van der Waals surface area contributed by atoms with Crippen molar-refractivity contribution in [2.75, 3.05) is 32.3 Å². The molecule has 0 saturated heterocycles. The number of methoxy groups -OCH3 is 1. The highest BCUT2D eigenvalue weighted by Gasteiger charge is 2.19. The van der Waals surface area contributed by atoms with E-state index in [9.17, 15) is 4.79 Å². The van der Waals surface area contributed by atoms with Crippen molar-refractivity contribution in [3.63, 3.8) is 0 Å². The molecule has 0 radical (unpaired) electrons. The molecule has 6 heteroatoms. The summed E-state index contributed by atoms with van der Waals surface area (Å²) in [5, 5.41) is 6.19. The lowest BCUT2D eigenvalue weighted by Gasteiger charge is -2.01. The van der Waals surface area contributed by atoms with E-state index in [1.54, 1.807) is 14.1 Å². The quantitative estimate of drug-likeness (QED) is 0.695. The van der Waals surface area contributed by atoms with Crippen molar-refractivity contribution in [1.82, 2.24) is 5.32 Å². The van der Waals surface area contributed by atoms with Gasteiger partial charge in [-0.05, 0) is 0 Å². The van der Waals surface area contributed by atoms with E-state index >= 15 is 0 Å². The van der Waals surface area contributed by atoms with Gasteiger partial charge in [0.25, 0.3) is 5.91 Å². The summed E-state index contributed by atoms with van der Waals surface area (Å²) in [7, 11) is 4.83. The number of nitrogens with two attached hydrogens (primary N) is 1. The van der Waals surface area contributed by atoms with Crippen LogP contribution >= 0.6 is 11.3 Å². The van der Waals surface area contributed by atoms with Gasteiger partial charge in [-0.2, -0.15) is 0 Å². The Bertz CT molecular complexity index is 349. The van der Waals surface area contributed by atoms with Crippen molar-refractivity contribution in [2.24, 2.45) is 0 Å². The summed E-state index contributed by atoms with van der Waals surface area (Å²) in [5.74, 6) is 0.323.